The molecule has 1 atom stereocenters. The van der Waals surface area contributed by atoms with Gasteiger partial charge in [-0.3, -0.25) is 0 Å². The first-order chi connectivity index (χ1) is 11.3. The molecule has 2 nitrogen and oxygen atoms in total. The van der Waals surface area contributed by atoms with Crippen LogP contribution in [0.3, 0.4) is 0 Å². The highest BCUT2D eigenvalue weighted by Gasteiger charge is 2.28. The fourth-order valence-electron chi connectivity index (χ4n) is 3.53. The topological polar surface area (TPSA) is 12.5 Å². The molecule has 0 radical (unpaired) electrons. The Balaban J connectivity index is 1.69. The van der Waals surface area contributed by atoms with Crippen LogP contribution in [0.25, 0.3) is 0 Å². The van der Waals surface area contributed by atoms with E-state index in [0.717, 1.165) is 31.7 Å². The molecule has 2 aromatic carbocycles. The first-order valence-electron chi connectivity index (χ1n) is 8.45. The van der Waals surface area contributed by atoms with Crippen LogP contribution in [-0.2, 0) is 10.5 Å². The molecule has 0 saturated carbocycles. The van der Waals surface area contributed by atoms with Crippen molar-refractivity contribution in [1.29, 1.82) is 0 Å². The Kier molecular flexibility index (Phi) is 4.43. The Bertz CT molecular complexity index is 631. The van der Waals surface area contributed by atoms with E-state index >= 15 is 0 Å². The largest absolute Gasteiger partial charge is 0.365 e. The molecule has 0 unspecified atom stereocenters. The van der Waals surface area contributed by atoms with Crippen LogP contribution in [0.2, 0.25) is 0 Å². The number of thioether (sulfide) groups is 1. The predicted octanol–water partition coefficient (Wildman–Crippen LogP) is 4.49. The second-order valence-electron chi connectivity index (χ2n) is 6.54. The standard InChI is InChI=1S/C20H23NOS/c1-21-12-10-16(11-13-21)22-20-17-7-3-2-6-15(17)14-23-19-9-5-4-8-18(19)20/h2-9,16,20H,10-14H2,1H3/t20-/m1/s1. The maximum atomic E-state index is 6.67. The van der Waals surface area contributed by atoms with Gasteiger partial charge in [0.2, 0.25) is 0 Å². The Labute approximate surface area is 142 Å². The fourth-order valence-corrected chi connectivity index (χ4v) is 4.62. The number of hydrogen-bond acceptors (Lipinski definition) is 3. The summed E-state index contributed by atoms with van der Waals surface area (Å²) in [7, 11) is 2.20. The lowest BCUT2D eigenvalue weighted by atomic mass is 9.96. The summed E-state index contributed by atoms with van der Waals surface area (Å²) in [6.07, 6.45) is 2.70. The van der Waals surface area contributed by atoms with E-state index < -0.39 is 0 Å². The number of rotatable bonds is 2. The quantitative estimate of drug-likeness (QED) is 0.807. The maximum absolute atomic E-state index is 6.67. The number of likely N-dealkylation sites (tertiary alicyclic amines) is 1. The van der Waals surface area contributed by atoms with Gasteiger partial charge >= 0.3 is 0 Å². The zero-order chi connectivity index (χ0) is 15.6. The minimum Gasteiger partial charge on any atom is -0.365 e. The predicted molar refractivity (Wildman–Crippen MR) is 95.9 cm³/mol. The molecule has 4 rings (SSSR count). The number of benzene rings is 2. The summed E-state index contributed by atoms with van der Waals surface area (Å²) in [6.45, 7) is 2.27. The smallest absolute Gasteiger partial charge is 0.109 e. The van der Waals surface area contributed by atoms with Gasteiger partial charge < -0.3 is 9.64 Å². The average Bonchev–Trinajstić information content (AvgIpc) is 2.75. The number of nitrogens with zero attached hydrogens (tertiary/aromatic N) is 1. The minimum atomic E-state index is 0.0748. The van der Waals surface area contributed by atoms with Gasteiger partial charge in [0.25, 0.3) is 0 Å². The Morgan fingerprint density at radius 2 is 1.65 bits per heavy atom. The molecule has 120 valence electrons. The van der Waals surface area contributed by atoms with Crippen molar-refractivity contribution in [3.8, 4) is 0 Å². The summed E-state index contributed by atoms with van der Waals surface area (Å²) in [4.78, 5) is 3.76. The second-order valence-corrected chi connectivity index (χ2v) is 7.56. The molecular weight excluding hydrogens is 302 g/mol. The van der Waals surface area contributed by atoms with Crippen molar-refractivity contribution in [3.05, 3.63) is 65.2 Å². The average molecular weight is 325 g/mol. The summed E-state index contributed by atoms with van der Waals surface area (Å²) in [5.74, 6) is 1.03. The lowest BCUT2D eigenvalue weighted by Crippen LogP contribution is -2.35. The molecule has 3 heteroatoms. The van der Waals surface area contributed by atoms with E-state index in [2.05, 4.69) is 60.5 Å². The van der Waals surface area contributed by atoms with Crippen LogP contribution < -0.4 is 0 Å². The molecule has 1 fully saturated rings. The number of hydrogen-bond donors (Lipinski definition) is 0. The molecule has 0 N–H and O–H groups in total. The van der Waals surface area contributed by atoms with Crippen molar-refractivity contribution < 1.29 is 4.74 Å². The summed E-state index contributed by atoms with van der Waals surface area (Å²) in [5.41, 5.74) is 4.09. The third-order valence-corrected chi connectivity index (χ3v) is 6.05. The molecule has 2 aliphatic heterocycles. The van der Waals surface area contributed by atoms with E-state index in [1.807, 2.05) is 11.8 Å². The molecule has 2 heterocycles. The van der Waals surface area contributed by atoms with Gasteiger partial charge in [0, 0.05) is 23.7 Å². The first kappa shape index (κ1) is 15.3. The minimum absolute atomic E-state index is 0.0748. The van der Waals surface area contributed by atoms with E-state index in [1.165, 1.54) is 21.6 Å². The van der Waals surface area contributed by atoms with Gasteiger partial charge in [0.1, 0.15) is 6.10 Å². The van der Waals surface area contributed by atoms with Crippen LogP contribution in [0, 0.1) is 0 Å². The number of ether oxygens (including phenoxy) is 1. The third kappa shape index (κ3) is 3.18. The number of fused-ring (bicyclic) bond motifs is 2. The number of piperidine rings is 1. The van der Waals surface area contributed by atoms with Gasteiger partial charge in [-0.25, -0.2) is 0 Å². The van der Waals surface area contributed by atoms with Gasteiger partial charge in [0.15, 0.2) is 0 Å². The van der Waals surface area contributed by atoms with Crippen molar-refractivity contribution in [2.75, 3.05) is 20.1 Å². The first-order valence-corrected chi connectivity index (χ1v) is 9.43. The van der Waals surface area contributed by atoms with Gasteiger partial charge in [-0.2, -0.15) is 0 Å². The normalized spacial score (nSPS) is 22.2. The highest BCUT2D eigenvalue weighted by Crippen LogP contribution is 2.42. The van der Waals surface area contributed by atoms with Crippen molar-refractivity contribution in [2.24, 2.45) is 0 Å². The van der Waals surface area contributed by atoms with Crippen LogP contribution in [-0.4, -0.2) is 31.1 Å². The highest BCUT2D eigenvalue weighted by atomic mass is 32.2. The van der Waals surface area contributed by atoms with Crippen LogP contribution in [0.4, 0.5) is 0 Å². The molecule has 23 heavy (non-hydrogen) atoms. The van der Waals surface area contributed by atoms with Crippen molar-refractivity contribution >= 4 is 11.8 Å². The summed E-state index contributed by atoms with van der Waals surface area (Å²) < 4.78 is 6.67. The van der Waals surface area contributed by atoms with Gasteiger partial charge in [-0.05, 0) is 42.6 Å². The van der Waals surface area contributed by atoms with E-state index in [1.54, 1.807) is 0 Å². The zero-order valence-corrected chi connectivity index (χ0v) is 14.4. The fraction of sp³-hybridized carbons (Fsp3) is 0.400. The monoisotopic (exact) mass is 325 g/mol. The van der Waals surface area contributed by atoms with Crippen molar-refractivity contribution in [3.63, 3.8) is 0 Å². The van der Waals surface area contributed by atoms with E-state index in [4.69, 9.17) is 4.74 Å². The van der Waals surface area contributed by atoms with E-state index in [0.29, 0.717) is 6.10 Å². The Morgan fingerprint density at radius 1 is 0.957 bits per heavy atom. The molecule has 0 amide bonds. The summed E-state index contributed by atoms with van der Waals surface area (Å²) >= 11 is 1.93. The molecule has 0 bridgehead atoms. The lowest BCUT2D eigenvalue weighted by Gasteiger charge is -2.32. The highest BCUT2D eigenvalue weighted by molar-refractivity contribution is 7.98. The Morgan fingerprint density at radius 3 is 2.48 bits per heavy atom. The SMILES string of the molecule is CN1CCC(O[C@@H]2c3ccccc3CSc3ccccc32)CC1. The second kappa shape index (κ2) is 6.68. The van der Waals surface area contributed by atoms with Crippen LogP contribution >= 0.6 is 11.8 Å². The molecule has 2 aliphatic rings. The van der Waals surface area contributed by atoms with Crippen molar-refractivity contribution in [1.82, 2.24) is 4.90 Å². The summed E-state index contributed by atoms with van der Waals surface area (Å²) in [6, 6.07) is 17.5. The molecular formula is C20H23NOS. The van der Waals surface area contributed by atoms with E-state index in [9.17, 15) is 0 Å². The van der Waals surface area contributed by atoms with E-state index in [-0.39, 0.29) is 6.10 Å². The lowest BCUT2D eigenvalue weighted by molar-refractivity contribution is -0.0245. The third-order valence-electron chi connectivity index (χ3n) is 4.92. The molecule has 0 spiro atoms. The molecule has 0 aromatic heterocycles. The van der Waals surface area contributed by atoms with Gasteiger partial charge in [-0.1, -0.05) is 42.5 Å². The van der Waals surface area contributed by atoms with Crippen LogP contribution in [0.5, 0.6) is 0 Å². The molecule has 0 aliphatic carbocycles. The maximum Gasteiger partial charge on any atom is 0.109 e. The van der Waals surface area contributed by atoms with Gasteiger partial charge in [-0.15, -0.1) is 11.8 Å². The molecule has 1 saturated heterocycles. The molecule has 2 aromatic rings. The van der Waals surface area contributed by atoms with Crippen LogP contribution in [0.15, 0.2) is 53.4 Å². The van der Waals surface area contributed by atoms with Gasteiger partial charge in [0.05, 0.1) is 6.10 Å². The zero-order valence-electron chi connectivity index (χ0n) is 13.6. The summed E-state index contributed by atoms with van der Waals surface area (Å²) in [5, 5.41) is 0. The van der Waals surface area contributed by atoms with Crippen molar-refractivity contribution in [2.45, 2.75) is 35.7 Å². The Hall–Kier alpha value is -1.29. The van der Waals surface area contributed by atoms with Crippen LogP contribution in [0.1, 0.15) is 35.6 Å².